The molecule has 2 nitrogen and oxygen atoms in total. The number of rotatable bonds is 5. The number of aliphatic hydroxyl groups excluding tert-OH is 1. The summed E-state index contributed by atoms with van der Waals surface area (Å²) in [4.78, 5) is 1.30. The summed E-state index contributed by atoms with van der Waals surface area (Å²) in [7, 11) is 0. The van der Waals surface area contributed by atoms with E-state index in [0.29, 0.717) is 0 Å². The number of benzene rings is 1. The second-order valence-electron chi connectivity index (χ2n) is 3.35. The molecule has 0 aliphatic carbocycles. The Morgan fingerprint density at radius 3 is 2.79 bits per heavy atom. The Balaban J connectivity index is 2.35. The van der Waals surface area contributed by atoms with Crippen LogP contribution in [0.4, 0.5) is 0 Å². The van der Waals surface area contributed by atoms with E-state index in [1.807, 2.05) is 12.1 Å². The van der Waals surface area contributed by atoms with E-state index in [0.717, 1.165) is 12.2 Å². The predicted molar refractivity (Wildman–Crippen MR) is 61.6 cm³/mol. The van der Waals surface area contributed by atoms with Crippen LogP contribution in [0.25, 0.3) is 0 Å². The minimum atomic E-state index is -0.0773. The molecule has 14 heavy (non-hydrogen) atoms. The molecule has 0 amide bonds. The van der Waals surface area contributed by atoms with E-state index in [4.69, 9.17) is 10.8 Å². The van der Waals surface area contributed by atoms with Crippen LogP contribution >= 0.6 is 11.8 Å². The van der Waals surface area contributed by atoms with Crippen molar-refractivity contribution in [3.63, 3.8) is 0 Å². The molecule has 0 spiro atoms. The third-order valence-electron chi connectivity index (χ3n) is 2.07. The highest BCUT2D eigenvalue weighted by Crippen LogP contribution is 2.22. The van der Waals surface area contributed by atoms with Gasteiger partial charge in [-0.15, -0.1) is 11.8 Å². The zero-order chi connectivity index (χ0) is 10.4. The number of aliphatic hydroxyl groups is 1. The average molecular weight is 211 g/mol. The monoisotopic (exact) mass is 211 g/mol. The number of hydrogen-bond donors (Lipinski definition) is 2. The average Bonchev–Trinajstić information content (AvgIpc) is 2.20. The SMILES string of the molecule is Cc1ccccc1SCCC(N)CO. The Bertz CT molecular complexity index is 278. The molecule has 3 heteroatoms. The van der Waals surface area contributed by atoms with Crippen LogP contribution in [0, 0.1) is 6.92 Å². The van der Waals surface area contributed by atoms with Crippen LogP contribution in [0.15, 0.2) is 29.2 Å². The first kappa shape index (κ1) is 11.6. The zero-order valence-electron chi connectivity index (χ0n) is 8.44. The summed E-state index contributed by atoms with van der Waals surface area (Å²) in [5.74, 6) is 0.965. The van der Waals surface area contributed by atoms with E-state index < -0.39 is 0 Å². The molecular weight excluding hydrogens is 194 g/mol. The van der Waals surface area contributed by atoms with E-state index in [9.17, 15) is 0 Å². The third-order valence-corrected chi connectivity index (χ3v) is 3.28. The Labute approximate surface area is 89.5 Å². The Morgan fingerprint density at radius 1 is 1.43 bits per heavy atom. The van der Waals surface area contributed by atoms with Crippen molar-refractivity contribution in [2.24, 2.45) is 5.73 Å². The molecule has 0 heterocycles. The molecule has 1 aromatic rings. The van der Waals surface area contributed by atoms with E-state index in [2.05, 4.69) is 19.1 Å². The van der Waals surface area contributed by atoms with E-state index >= 15 is 0 Å². The lowest BCUT2D eigenvalue weighted by molar-refractivity contribution is 0.264. The largest absolute Gasteiger partial charge is 0.395 e. The van der Waals surface area contributed by atoms with Gasteiger partial charge in [0.25, 0.3) is 0 Å². The minimum absolute atomic E-state index is 0.0773. The first-order valence-electron chi connectivity index (χ1n) is 4.79. The minimum Gasteiger partial charge on any atom is -0.395 e. The van der Waals surface area contributed by atoms with Gasteiger partial charge < -0.3 is 10.8 Å². The normalized spacial score (nSPS) is 12.8. The van der Waals surface area contributed by atoms with Gasteiger partial charge in [0.2, 0.25) is 0 Å². The van der Waals surface area contributed by atoms with Gasteiger partial charge in [-0.2, -0.15) is 0 Å². The first-order valence-corrected chi connectivity index (χ1v) is 5.77. The standard InChI is InChI=1S/C11H17NOS/c1-9-4-2-3-5-11(9)14-7-6-10(12)8-13/h2-5,10,13H,6-8,12H2,1H3. The fourth-order valence-corrected chi connectivity index (χ4v) is 2.24. The van der Waals surface area contributed by atoms with Gasteiger partial charge in [-0.25, -0.2) is 0 Å². The van der Waals surface area contributed by atoms with Crippen LogP contribution < -0.4 is 5.73 Å². The molecule has 78 valence electrons. The molecule has 1 rings (SSSR count). The fourth-order valence-electron chi connectivity index (χ4n) is 1.13. The molecule has 0 fully saturated rings. The maximum atomic E-state index is 8.75. The zero-order valence-corrected chi connectivity index (χ0v) is 9.26. The molecule has 0 aliphatic rings. The molecule has 0 aromatic heterocycles. The molecule has 0 saturated carbocycles. The van der Waals surface area contributed by atoms with Crippen LogP contribution in [-0.4, -0.2) is 23.5 Å². The van der Waals surface area contributed by atoms with Crippen molar-refractivity contribution in [2.45, 2.75) is 24.3 Å². The van der Waals surface area contributed by atoms with Gasteiger partial charge in [0.1, 0.15) is 0 Å². The number of aryl methyl sites for hydroxylation is 1. The van der Waals surface area contributed by atoms with Crippen LogP contribution in [0.1, 0.15) is 12.0 Å². The maximum Gasteiger partial charge on any atom is 0.0582 e. The van der Waals surface area contributed by atoms with Crippen molar-refractivity contribution in [3.8, 4) is 0 Å². The van der Waals surface area contributed by atoms with Crippen molar-refractivity contribution in [2.75, 3.05) is 12.4 Å². The molecular formula is C11H17NOS. The second-order valence-corrected chi connectivity index (χ2v) is 4.48. The number of nitrogens with two attached hydrogens (primary N) is 1. The van der Waals surface area contributed by atoms with Gasteiger partial charge in [0, 0.05) is 10.9 Å². The number of thioether (sulfide) groups is 1. The predicted octanol–water partition coefficient (Wildman–Crippen LogP) is 1.80. The van der Waals surface area contributed by atoms with Gasteiger partial charge in [-0.1, -0.05) is 18.2 Å². The van der Waals surface area contributed by atoms with E-state index in [-0.39, 0.29) is 12.6 Å². The van der Waals surface area contributed by atoms with Gasteiger partial charge in [0.15, 0.2) is 0 Å². The summed E-state index contributed by atoms with van der Waals surface area (Å²) < 4.78 is 0. The third kappa shape index (κ3) is 3.70. The van der Waals surface area contributed by atoms with Crippen molar-refractivity contribution >= 4 is 11.8 Å². The van der Waals surface area contributed by atoms with Crippen molar-refractivity contribution in [1.29, 1.82) is 0 Å². The van der Waals surface area contributed by atoms with Gasteiger partial charge >= 0.3 is 0 Å². The van der Waals surface area contributed by atoms with Crippen molar-refractivity contribution in [3.05, 3.63) is 29.8 Å². The summed E-state index contributed by atoms with van der Waals surface area (Å²) in [6, 6.07) is 8.23. The molecule has 0 bridgehead atoms. The highest BCUT2D eigenvalue weighted by molar-refractivity contribution is 7.99. The van der Waals surface area contributed by atoms with E-state index in [1.165, 1.54) is 10.5 Å². The van der Waals surface area contributed by atoms with Gasteiger partial charge in [-0.05, 0) is 30.7 Å². The molecule has 0 radical (unpaired) electrons. The van der Waals surface area contributed by atoms with Gasteiger partial charge in [-0.3, -0.25) is 0 Å². The van der Waals surface area contributed by atoms with Crippen molar-refractivity contribution in [1.82, 2.24) is 0 Å². The first-order chi connectivity index (χ1) is 6.74. The summed E-state index contributed by atoms with van der Waals surface area (Å²) in [6.45, 7) is 2.18. The van der Waals surface area contributed by atoms with Crippen LogP contribution in [-0.2, 0) is 0 Å². The lowest BCUT2D eigenvalue weighted by Crippen LogP contribution is -2.24. The van der Waals surface area contributed by atoms with Crippen LogP contribution in [0.5, 0.6) is 0 Å². The maximum absolute atomic E-state index is 8.75. The van der Waals surface area contributed by atoms with Gasteiger partial charge in [0.05, 0.1) is 6.61 Å². The lowest BCUT2D eigenvalue weighted by atomic mass is 10.2. The Kier molecular flexibility index (Phi) is 5.01. The molecule has 1 atom stereocenters. The fraction of sp³-hybridized carbons (Fsp3) is 0.455. The molecule has 0 saturated heterocycles. The lowest BCUT2D eigenvalue weighted by Gasteiger charge is -2.08. The van der Waals surface area contributed by atoms with Crippen molar-refractivity contribution < 1.29 is 5.11 Å². The summed E-state index contributed by atoms with van der Waals surface area (Å²) in [6.07, 6.45) is 0.857. The summed E-state index contributed by atoms with van der Waals surface area (Å²) in [5.41, 5.74) is 6.91. The highest BCUT2D eigenvalue weighted by atomic mass is 32.2. The second kappa shape index (κ2) is 6.06. The molecule has 1 unspecified atom stereocenters. The Morgan fingerprint density at radius 2 is 2.14 bits per heavy atom. The highest BCUT2D eigenvalue weighted by Gasteiger charge is 2.01. The van der Waals surface area contributed by atoms with Crippen LogP contribution in [0.2, 0.25) is 0 Å². The molecule has 3 N–H and O–H groups in total. The summed E-state index contributed by atoms with van der Waals surface area (Å²) >= 11 is 1.80. The number of hydrogen-bond acceptors (Lipinski definition) is 3. The quantitative estimate of drug-likeness (QED) is 0.730. The Hall–Kier alpha value is -0.510. The molecule has 1 aromatic carbocycles. The topological polar surface area (TPSA) is 46.2 Å². The van der Waals surface area contributed by atoms with E-state index in [1.54, 1.807) is 11.8 Å². The smallest absolute Gasteiger partial charge is 0.0582 e. The summed E-state index contributed by atoms with van der Waals surface area (Å²) in [5, 5.41) is 8.75. The molecule has 0 aliphatic heterocycles. The van der Waals surface area contributed by atoms with Crippen LogP contribution in [0.3, 0.4) is 0 Å².